The van der Waals surface area contributed by atoms with Gasteiger partial charge in [0.25, 0.3) is 5.91 Å². The number of carbonyl (C=O) groups is 5. The second-order valence-corrected chi connectivity index (χ2v) is 11.6. The van der Waals surface area contributed by atoms with Crippen molar-refractivity contribution in [2.45, 2.75) is 97.8 Å². The van der Waals surface area contributed by atoms with Gasteiger partial charge in [0.05, 0.1) is 12.6 Å². The maximum absolute atomic E-state index is 13.1. The molecule has 0 aliphatic heterocycles. The van der Waals surface area contributed by atoms with E-state index in [1.165, 1.54) is 13.3 Å². The summed E-state index contributed by atoms with van der Waals surface area (Å²) in [6, 6.07) is 5.88. The Balaban J connectivity index is 1.99. The van der Waals surface area contributed by atoms with E-state index in [4.69, 9.17) is 0 Å². The van der Waals surface area contributed by atoms with E-state index in [9.17, 15) is 24.0 Å². The first kappa shape index (κ1) is 31.1. The Labute approximate surface area is 226 Å². The van der Waals surface area contributed by atoms with Gasteiger partial charge in [-0.1, -0.05) is 72.1 Å². The molecule has 1 aromatic carbocycles. The normalized spacial score (nSPS) is 16.7. The van der Waals surface area contributed by atoms with E-state index in [0.29, 0.717) is 5.56 Å². The third kappa shape index (κ3) is 9.35. The molecule has 2 rings (SSSR count). The molecule has 4 N–H and O–H groups in total. The third-order valence-electron chi connectivity index (χ3n) is 6.87. The molecule has 1 fully saturated rings. The van der Waals surface area contributed by atoms with Crippen molar-refractivity contribution in [3.63, 3.8) is 0 Å². The van der Waals surface area contributed by atoms with Crippen LogP contribution in [0.2, 0.25) is 0 Å². The first-order chi connectivity index (χ1) is 17.8. The number of hydrogen-bond acceptors (Lipinski definition) is 6. The molecule has 0 heterocycles. The number of carbonyl (C=O) groups excluding carboxylic acids is 5. The Morgan fingerprint density at radius 2 is 1.45 bits per heavy atom. The Morgan fingerprint density at radius 3 is 2.00 bits per heavy atom. The van der Waals surface area contributed by atoms with E-state index < -0.39 is 52.8 Å². The molecule has 3 unspecified atom stereocenters. The van der Waals surface area contributed by atoms with Crippen molar-refractivity contribution in [2.24, 2.45) is 11.3 Å². The van der Waals surface area contributed by atoms with E-state index in [-0.39, 0.29) is 18.5 Å². The summed E-state index contributed by atoms with van der Waals surface area (Å²) in [6.07, 6.45) is 5.39. The van der Waals surface area contributed by atoms with E-state index in [1.54, 1.807) is 44.2 Å². The van der Waals surface area contributed by atoms with Gasteiger partial charge in [-0.25, -0.2) is 0 Å². The van der Waals surface area contributed by atoms with Crippen LogP contribution in [0, 0.1) is 11.3 Å². The summed E-state index contributed by atoms with van der Waals surface area (Å²) in [7, 11) is 0. The third-order valence-corrected chi connectivity index (χ3v) is 6.87. The Kier molecular flexibility index (Phi) is 11.6. The number of nitrogens with one attached hydrogen (secondary N) is 4. The number of hydrogen-bond donors (Lipinski definition) is 4. The Morgan fingerprint density at radius 1 is 0.842 bits per heavy atom. The lowest BCUT2D eigenvalue weighted by Crippen LogP contribution is -2.59. The van der Waals surface area contributed by atoms with E-state index in [2.05, 4.69) is 21.3 Å². The average molecular weight is 529 g/mol. The molecule has 0 radical (unpaired) electrons. The smallest absolute Gasteiger partial charge is 0.251 e. The van der Waals surface area contributed by atoms with E-state index in [0.717, 1.165) is 25.7 Å². The molecule has 0 aromatic heterocycles. The molecule has 1 aromatic rings. The zero-order valence-electron chi connectivity index (χ0n) is 23.6. The largest absolute Gasteiger partial charge is 0.344 e. The van der Waals surface area contributed by atoms with Crippen LogP contribution in [-0.4, -0.2) is 60.0 Å². The standard InChI is InChI=1S/C29H44N4O5/c1-18(2)23(24(35)22(34)17-30-21-15-11-8-12-16-21)32-26(36)19(3)31-28(38)25(29(4,5)6)33-27(37)20-13-9-7-10-14-20/h7,9-10,13-14,18-19,21,23,25,30H,8,11-12,15-17H2,1-6H3,(H,31,38)(H,32,36)(H,33,37). The summed E-state index contributed by atoms with van der Waals surface area (Å²) in [5.74, 6) is -3.05. The molecule has 210 valence electrons. The fourth-order valence-electron chi connectivity index (χ4n) is 4.46. The minimum absolute atomic E-state index is 0.0523. The summed E-state index contributed by atoms with van der Waals surface area (Å²) in [5.41, 5.74) is -0.222. The van der Waals surface area contributed by atoms with Crippen molar-refractivity contribution < 1.29 is 24.0 Å². The number of Topliss-reactive ketones (excluding diaryl/α,β-unsaturated/α-hetero) is 2. The van der Waals surface area contributed by atoms with Gasteiger partial charge in [0.2, 0.25) is 23.4 Å². The van der Waals surface area contributed by atoms with Crippen molar-refractivity contribution in [2.75, 3.05) is 6.54 Å². The van der Waals surface area contributed by atoms with Gasteiger partial charge in [-0.3, -0.25) is 24.0 Å². The van der Waals surface area contributed by atoms with Gasteiger partial charge in [-0.05, 0) is 43.2 Å². The average Bonchev–Trinajstić information content (AvgIpc) is 2.88. The summed E-state index contributed by atoms with van der Waals surface area (Å²) in [6.45, 7) is 10.4. The highest BCUT2D eigenvalue weighted by Gasteiger charge is 2.36. The molecule has 1 aliphatic carbocycles. The van der Waals surface area contributed by atoms with Crippen LogP contribution in [0.4, 0.5) is 0 Å². The lowest BCUT2D eigenvalue weighted by atomic mass is 9.85. The Bertz CT molecular complexity index is 980. The minimum atomic E-state index is -1.00. The SMILES string of the molecule is CC(NC(=O)C(NC(=O)c1ccccc1)C(C)(C)C)C(=O)NC(C(=O)C(=O)CNC1CCCCC1)C(C)C. The van der Waals surface area contributed by atoms with Crippen LogP contribution >= 0.6 is 0 Å². The van der Waals surface area contributed by atoms with Gasteiger partial charge in [0.1, 0.15) is 12.1 Å². The quantitative estimate of drug-likeness (QED) is 0.308. The van der Waals surface area contributed by atoms with Gasteiger partial charge in [0.15, 0.2) is 0 Å². The maximum atomic E-state index is 13.1. The highest BCUT2D eigenvalue weighted by atomic mass is 16.2. The van der Waals surface area contributed by atoms with Crippen LogP contribution in [0.25, 0.3) is 0 Å². The fraction of sp³-hybridized carbons (Fsp3) is 0.621. The molecule has 0 bridgehead atoms. The summed E-state index contributed by atoms with van der Waals surface area (Å²) < 4.78 is 0. The van der Waals surface area contributed by atoms with Gasteiger partial charge in [-0.15, -0.1) is 0 Å². The second kappa shape index (κ2) is 14.2. The number of rotatable bonds is 12. The molecule has 0 saturated heterocycles. The van der Waals surface area contributed by atoms with Crippen molar-refractivity contribution >= 4 is 29.3 Å². The predicted octanol–water partition coefficient (Wildman–Crippen LogP) is 2.54. The van der Waals surface area contributed by atoms with E-state index in [1.807, 2.05) is 20.8 Å². The van der Waals surface area contributed by atoms with Gasteiger partial charge in [-0.2, -0.15) is 0 Å². The fourth-order valence-corrected chi connectivity index (χ4v) is 4.46. The molecule has 3 atom stereocenters. The molecule has 9 heteroatoms. The highest BCUT2D eigenvalue weighted by molar-refractivity contribution is 6.40. The predicted molar refractivity (Wildman–Crippen MR) is 146 cm³/mol. The lowest BCUT2D eigenvalue weighted by Gasteiger charge is -2.31. The monoisotopic (exact) mass is 528 g/mol. The van der Waals surface area contributed by atoms with Crippen molar-refractivity contribution in [3.8, 4) is 0 Å². The van der Waals surface area contributed by atoms with Crippen LogP contribution < -0.4 is 21.3 Å². The molecule has 3 amide bonds. The zero-order valence-corrected chi connectivity index (χ0v) is 23.6. The van der Waals surface area contributed by atoms with Crippen LogP contribution in [0.1, 0.15) is 84.0 Å². The number of ketones is 2. The molecule has 9 nitrogen and oxygen atoms in total. The van der Waals surface area contributed by atoms with Gasteiger partial charge in [0, 0.05) is 11.6 Å². The summed E-state index contributed by atoms with van der Waals surface area (Å²) >= 11 is 0. The molecule has 0 spiro atoms. The number of benzene rings is 1. The van der Waals surface area contributed by atoms with Crippen LogP contribution in [-0.2, 0) is 19.2 Å². The van der Waals surface area contributed by atoms with Crippen molar-refractivity contribution in [1.29, 1.82) is 0 Å². The van der Waals surface area contributed by atoms with Crippen LogP contribution in [0.15, 0.2) is 30.3 Å². The maximum Gasteiger partial charge on any atom is 0.251 e. The molecule has 1 saturated carbocycles. The topological polar surface area (TPSA) is 133 Å². The van der Waals surface area contributed by atoms with Crippen molar-refractivity contribution in [3.05, 3.63) is 35.9 Å². The zero-order chi connectivity index (χ0) is 28.5. The van der Waals surface area contributed by atoms with Crippen molar-refractivity contribution in [1.82, 2.24) is 21.3 Å². The van der Waals surface area contributed by atoms with Gasteiger partial charge >= 0.3 is 0 Å². The van der Waals surface area contributed by atoms with Gasteiger partial charge < -0.3 is 21.3 Å². The molecule has 1 aliphatic rings. The number of amides is 3. The first-order valence-electron chi connectivity index (χ1n) is 13.6. The summed E-state index contributed by atoms with van der Waals surface area (Å²) in [4.78, 5) is 64.3. The Hall–Kier alpha value is -3.07. The second-order valence-electron chi connectivity index (χ2n) is 11.6. The lowest BCUT2D eigenvalue weighted by molar-refractivity contribution is -0.139. The van der Waals surface area contributed by atoms with Crippen LogP contribution in [0.3, 0.4) is 0 Å². The molecular formula is C29H44N4O5. The van der Waals surface area contributed by atoms with E-state index >= 15 is 0 Å². The first-order valence-corrected chi connectivity index (χ1v) is 13.6. The molecule has 38 heavy (non-hydrogen) atoms. The summed E-state index contributed by atoms with van der Waals surface area (Å²) in [5, 5.41) is 11.2. The van der Waals surface area contributed by atoms with Crippen LogP contribution in [0.5, 0.6) is 0 Å². The minimum Gasteiger partial charge on any atom is -0.344 e. The molecular weight excluding hydrogens is 484 g/mol. The highest BCUT2D eigenvalue weighted by Crippen LogP contribution is 2.20.